The molecule has 0 aromatic heterocycles. The highest BCUT2D eigenvalue weighted by molar-refractivity contribution is 7.80. The third-order valence-electron chi connectivity index (χ3n) is 1.92. The predicted molar refractivity (Wildman–Crippen MR) is 61.0 cm³/mol. The van der Waals surface area contributed by atoms with Gasteiger partial charge in [-0.25, -0.2) is 4.79 Å². The van der Waals surface area contributed by atoms with E-state index < -0.39 is 10.9 Å². The van der Waals surface area contributed by atoms with E-state index in [1.807, 2.05) is 0 Å². The molecule has 0 amide bonds. The number of thiol groups is 1. The number of hydrogen-bond donors (Lipinski definition) is 1. The van der Waals surface area contributed by atoms with Gasteiger partial charge in [0.15, 0.2) is 0 Å². The van der Waals surface area contributed by atoms with Crippen molar-refractivity contribution in [2.45, 2.75) is 11.8 Å². The SMILES string of the molecule is CCOC(=O)c1cc([N+](=O)[O-])cc(S)c1C#N. The van der Waals surface area contributed by atoms with E-state index in [9.17, 15) is 14.9 Å². The van der Waals surface area contributed by atoms with Crippen molar-refractivity contribution in [3.63, 3.8) is 0 Å². The highest BCUT2D eigenvalue weighted by atomic mass is 32.1. The molecule has 0 saturated carbocycles. The minimum Gasteiger partial charge on any atom is -0.462 e. The van der Waals surface area contributed by atoms with E-state index in [-0.39, 0.29) is 28.3 Å². The first-order valence-electron chi connectivity index (χ1n) is 4.59. The summed E-state index contributed by atoms with van der Waals surface area (Å²) in [5, 5.41) is 19.5. The van der Waals surface area contributed by atoms with Crippen molar-refractivity contribution in [3.05, 3.63) is 33.4 Å². The molecule has 6 nitrogen and oxygen atoms in total. The number of carbonyl (C=O) groups excluding carboxylic acids is 1. The molecule has 7 heteroatoms. The first-order chi connectivity index (χ1) is 8.01. The molecular formula is C10H8N2O4S. The average Bonchev–Trinajstić information content (AvgIpc) is 2.28. The van der Waals surface area contributed by atoms with E-state index in [1.54, 1.807) is 13.0 Å². The van der Waals surface area contributed by atoms with Crippen LogP contribution in [0.3, 0.4) is 0 Å². The quantitative estimate of drug-likeness (QED) is 0.384. The largest absolute Gasteiger partial charge is 0.462 e. The van der Waals surface area contributed by atoms with Crippen molar-refractivity contribution in [1.82, 2.24) is 0 Å². The van der Waals surface area contributed by atoms with Crippen LogP contribution in [0, 0.1) is 21.4 Å². The van der Waals surface area contributed by atoms with Crippen LogP contribution in [0.4, 0.5) is 5.69 Å². The van der Waals surface area contributed by atoms with E-state index in [0.29, 0.717) is 0 Å². The van der Waals surface area contributed by atoms with Crippen molar-refractivity contribution in [2.75, 3.05) is 6.61 Å². The van der Waals surface area contributed by atoms with E-state index in [0.717, 1.165) is 12.1 Å². The number of hydrogen-bond acceptors (Lipinski definition) is 6. The van der Waals surface area contributed by atoms with Crippen LogP contribution in [-0.4, -0.2) is 17.5 Å². The lowest BCUT2D eigenvalue weighted by Gasteiger charge is -2.05. The second kappa shape index (κ2) is 5.32. The number of nitrogens with zero attached hydrogens (tertiary/aromatic N) is 2. The predicted octanol–water partition coefficient (Wildman–Crippen LogP) is 1.93. The summed E-state index contributed by atoms with van der Waals surface area (Å²) in [6.45, 7) is 1.72. The number of nitro groups is 1. The molecule has 1 rings (SSSR count). The molecule has 0 radical (unpaired) electrons. The summed E-state index contributed by atoms with van der Waals surface area (Å²) >= 11 is 3.94. The Labute approximate surface area is 102 Å². The lowest BCUT2D eigenvalue weighted by Crippen LogP contribution is -2.08. The molecule has 0 N–H and O–H groups in total. The maximum absolute atomic E-state index is 11.5. The second-order valence-corrected chi connectivity index (χ2v) is 3.46. The molecule has 0 atom stereocenters. The van der Waals surface area contributed by atoms with E-state index >= 15 is 0 Å². The summed E-state index contributed by atoms with van der Waals surface area (Å²) in [6.07, 6.45) is 0. The van der Waals surface area contributed by atoms with E-state index in [4.69, 9.17) is 10.00 Å². The normalized spacial score (nSPS) is 9.47. The van der Waals surface area contributed by atoms with Crippen molar-refractivity contribution in [2.24, 2.45) is 0 Å². The third kappa shape index (κ3) is 2.73. The molecule has 17 heavy (non-hydrogen) atoms. The van der Waals surface area contributed by atoms with Gasteiger partial charge in [0.1, 0.15) is 6.07 Å². The summed E-state index contributed by atoms with van der Waals surface area (Å²) < 4.78 is 4.71. The number of rotatable bonds is 3. The van der Waals surface area contributed by atoms with Crippen LogP contribution in [0.15, 0.2) is 17.0 Å². The van der Waals surface area contributed by atoms with Crippen LogP contribution in [0.2, 0.25) is 0 Å². The fraction of sp³-hybridized carbons (Fsp3) is 0.200. The molecule has 0 aliphatic carbocycles. The molecule has 0 aliphatic rings. The van der Waals surface area contributed by atoms with Gasteiger partial charge in [-0.1, -0.05) is 0 Å². The minimum atomic E-state index is -0.775. The topological polar surface area (TPSA) is 93.2 Å². The standard InChI is InChI=1S/C10H8N2O4S/c1-2-16-10(13)7-3-6(12(14)15)4-9(17)8(7)5-11/h3-4,17H,2H2,1H3. The van der Waals surface area contributed by atoms with Crippen molar-refractivity contribution in [1.29, 1.82) is 5.26 Å². The van der Waals surface area contributed by atoms with Crippen molar-refractivity contribution >= 4 is 24.3 Å². The fourth-order valence-electron chi connectivity index (χ4n) is 1.20. The molecule has 0 unspecified atom stereocenters. The first-order valence-corrected chi connectivity index (χ1v) is 5.04. The number of benzene rings is 1. The van der Waals surface area contributed by atoms with Gasteiger partial charge in [0.05, 0.1) is 22.7 Å². The van der Waals surface area contributed by atoms with E-state index in [2.05, 4.69) is 12.6 Å². The Morgan fingerprint density at radius 1 is 1.65 bits per heavy atom. The maximum Gasteiger partial charge on any atom is 0.339 e. The Morgan fingerprint density at radius 2 is 2.29 bits per heavy atom. The van der Waals surface area contributed by atoms with Gasteiger partial charge in [0.2, 0.25) is 0 Å². The third-order valence-corrected chi connectivity index (χ3v) is 2.27. The molecule has 0 spiro atoms. The summed E-state index contributed by atoms with van der Waals surface area (Å²) in [5.41, 5.74) is -0.483. The molecular weight excluding hydrogens is 244 g/mol. The maximum atomic E-state index is 11.5. The highest BCUT2D eigenvalue weighted by Crippen LogP contribution is 2.25. The zero-order valence-corrected chi connectivity index (χ0v) is 9.73. The van der Waals surface area contributed by atoms with Crippen LogP contribution >= 0.6 is 12.6 Å². The second-order valence-electron chi connectivity index (χ2n) is 2.98. The molecule has 0 bridgehead atoms. The Hall–Kier alpha value is -2.07. The van der Waals surface area contributed by atoms with E-state index in [1.165, 1.54) is 0 Å². The minimum absolute atomic E-state index is 0.0302. The number of nitro benzene ring substituents is 1. The smallest absolute Gasteiger partial charge is 0.339 e. The number of non-ortho nitro benzene ring substituents is 1. The Bertz CT molecular complexity index is 522. The van der Waals surface area contributed by atoms with Gasteiger partial charge in [0, 0.05) is 17.0 Å². The summed E-state index contributed by atoms with van der Waals surface area (Å²) in [5.74, 6) is -0.775. The van der Waals surface area contributed by atoms with Gasteiger partial charge < -0.3 is 4.74 Å². The zero-order chi connectivity index (χ0) is 13.0. The van der Waals surface area contributed by atoms with Gasteiger partial charge in [0.25, 0.3) is 5.69 Å². The number of carbonyl (C=O) groups is 1. The molecule has 88 valence electrons. The average molecular weight is 252 g/mol. The molecule has 0 aliphatic heterocycles. The van der Waals surface area contributed by atoms with Crippen molar-refractivity contribution in [3.8, 4) is 6.07 Å². The fourth-order valence-corrected chi connectivity index (χ4v) is 1.51. The van der Waals surface area contributed by atoms with Crippen LogP contribution < -0.4 is 0 Å². The van der Waals surface area contributed by atoms with Gasteiger partial charge >= 0.3 is 5.97 Å². The van der Waals surface area contributed by atoms with Crippen LogP contribution in [-0.2, 0) is 4.74 Å². The van der Waals surface area contributed by atoms with Gasteiger partial charge in [-0.3, -0.25) is 10.1 Å². The summed E-state index contributed by atoms with van der Waals surface area (Å²) in [6, 6.07) is 3.90. The zero-order valence-electron chi connectivity index (χ0n) is 8.84. The number of nitriles is 1. The monoisotopic (exact) mass is 252 g/mol. The lowest BCUT2D eigenvalue weighted by molar-refractivity contribution is -0.385. The molecule has 0 fully saturated rings. The van der Waals surface area contributed by atoms with Gasteiger partial charge in [-0.05, 0) is 6.92 Å². The molecule has 0 heterocycles. The summed E-state index contributed by atoms with van der Waals surface area (Å²) in [7, 11) is 0. The van der Waals surface area contributed by atoms with Gasteiger partial charge in [-0.2, -0.15) is 5.26 Å². The Morgan fingerprint density at radius 3 is 2.76 bits per heavy atom. The highest BCUT2D eigenvalue weighted by Gasteiger charge is 2.20. The molecule has 1 aromatic carbocycles. The number of ether oxygens (including phenoxy) is 1. The van der Waals surface area contributed by atoms with Crippen molar-refractivity contribution < 1.29 is 14.5 Å². The van der Waals surface area contributed by atoms with Crippen LogP contribution in [0.1, 0.15) is 22.8 Å². The molecule has 1 aromatic rings. The number of esters is 1. The Balaban J connectivity index is 3.40. The van der Waals surface area contributed by atoms with Crippen LogP contribution in [0.25, 0.3) is 0 Å². The Kier molecular flexibility index (Phi) is 4.06. The van der Waals surface area contributed by atoms with Gasteiger partial charge in [-0.15, -0.1) is 12.6 Å². The first kappa shape index (κ1) is 13.0. The summed E-state index contributed by atoms with van der Waals surface area (Å²) in [4.78, 5) is 21.6. The molecule has 0 saturated heterocycles. The van der Waals surface area contributed by atoms with Crippen LogP contribution in [0.5, 0.6) is 0 Å². The lowest BCUT2D eigenvalue weighted by atomic mass is 10.1.